The average molecular weight is 631 g/mol. The monoisotopic (exact) mass is 630 g/mol. The van der Waals surface area contributed by atoms with Gasteiger partial charge in [0.2, 0.25) is 0 Å². The molecule has 5 rings (SSSR count). The number of nitrogens with zero attached hydrogens (tertiary/aromatic N) is 2. The third-order valence-electron chi connectivity index (χ3n) is 5.86. The highest BCUT2D eigenvalue weighted by atomic mass is 79.9. The second-order valence-electron chi connectivity index (χ2n) is 8.92. The Morgan fingerprint density at radius 3 is 1.60 bits per heavy atom. The van der Waals surface area contributed by atoms with Gasteiger partial charge in [0.1, 0.15) is 17.2 Å². The van der Waals surface area contributed by atoms with Crippen molar-refractivity contribution < 1.29 is 14.2 Å². The van der Waals surface area contributed by atoms with E-state index in [0.29, 0.717) is 49.7 Å². The molecule has 212 valence electrons. The van der Waals surface area contributed by atoms with Gasteiger partial charge in [0.05, 0.1) is 9.85 Å². The van der Waals surface area contributed by atoms with Crippen LogP contribution in [0.15, 0.2) is 114 Å². The average Bonchev–Trinajstić information content (AvgIpc) is 2.95. The maximum atomic E-state index is 13.0. The van der Waals surface area contributed by atoms with Crippen LogP contribution in [0, 0.1) is 26.0 Å². The van der Waals surface area contributed by atoms with Crippen LogP contribution in [0.1, 0.15) is 0 Å². The van der Waals surface area contributed by atoms with Crippen molar-refractivity contribution in [1.29, 1.82) is 0 Å². The number of rotatable bonds is 7. The number of anilines is 6. The lowest BCUT2D eigenvalue weighted by Gasteiger charge is -2.09. The molecule has 5 aromatic carbocycles. The van der Waals surface area contributed by atoms with Gasteiger partial charge in [-0.05, 0) is 77.9 Å². The summed E-state index contributed by atoms with van der Waals surface area (Å²) in [6.45, 7) is 0. The van der Waals surface area contributed by atoms with Crippen LogP contribution >= 0.6 is 15.9 Å². The number of benzene rings is 5. The molecular weight excluding hydrogens is 607 g/mol. The summed E-state index contributed by atoms with van der Waals surface area (Å²) in [6, 6.07) is 29.5. The van der Waals surface area contributed by atoms with Crippen LogP contribution in [-0.4, -0.2) is 9.85 Å². The molecule has 0 saturated carbocycles. The van der Waals surface area contributed by atoms with E-state index in [9.17, 15) is 24.6 Å². The van der Waals surface area contributed by atoms with Crippen molar-refractivity contribution in [2.45, 2.75) is 0 Å². The van der Waals surface area contributed by atoms with E-state index in [0.717, 1.165) is 0 Å². The summed E-state index contributed by atoms with van der Waals surface area (Å²) in [7, 11) is 0. The third-order valence-corrected chi connectivity index (χ3v) is 6.35. The van der Waals surface area contributed by atoms with Crippen LogP contribution in [0.3, 0.4) is 0 Å². The number of nitro groups is 2. The highest BCUT2D eigenvalue weighted by Crippen LogP contribution is 2.33. The van der Waals surface area contributed by atoms with Crippen molar-refractivity contribution >= 4 is 61.4 Å². The van der Waals surface area contributed by atoms with E-state index in [1.807, 2.05) is 0 Å². The molecule has 0 atom stereocenters. The molecule has 6 N–H and O–H groups in total. The number of nitro benzene ring substituents is 2. The zero-order chi connectivity index (χ0) is 30.2. The molecule has 12 heteroatoms. The molecule has 10 nitrogen and oxygen atoms in total. The van der Waals surface area contributed by atoms with Gasteiger partial charge in [-0.1, -0.05) is 46.3 Å². The van der Waals surface area contributed by atoms with E-state index in [1.165, 1.54) is 24.3 Å². The van der Waals surface area contributed by atoms with Crippen molar-refractivity contribution in [2.75, 3.05) is 22.1 Å². The number of hydrogen-bond acceptors (Lipinski definition) is 8. The second kappa shape index (κ2) is 13.2. The van der Waals surface area contributed by atoms with E-state index in [1.54, 1.807) is 84.9 Å². The molecule has 0 bridgehead atoms. The van der Waals surface area contributed by atoms with Crippen LogP contribution in [0.5, 0.6) is 0 Å². The number of nitrogens with one attached hydrogen (secondary N) is 2. The lowest BCUT2D eigenvalue weighted by molar-refractivity contribution is -0.384. The van der Waals surface area contributed by atoms with E-state index in [2.05, 4.69) is 26.6 Å². The van der Waals surface area contributed by atoms with Crippen LogP contribution in [0.4, 0.5) is 49.9 Å². The Morgan fingerprint density at radius 1 is 0.619 bits per heavy atom. The topological polar surface area (TPSA) is 162 Å². The van der Waals surface area contributed by atoms with Gasteiger partial charge in [-0.2, -0.15) is 0 Å². The van der Waals surface area contributed by atoms with Gasteiger partial charge >= 0.3 is 0 Å². The SMILES string of the molecule is Nc1cccc(Nc2ccc(-c3ccc(F)cc3)cc2[N+](=O)[O-])c1.Nc1cccc(Nc2ccc(Br)cc2[N+](=O)[O-])c1. The molecule has 0 saturated heterocycles. The summed E-state index contributed by atoms with van der Waals surface area (Å²) >= 11 is 3.21. The van der Waals surface area contributed by atoms with Crippen molar-refractivity contribution in [3.05, 3.63) is 140 Å². The molecule has 42 heavy (non-hydrogen) atoms. The first-order valence-corrected chi connectivity index (χ1v) is 13.1. The molecule has 0 unspecified atom stereocenters. The van der Waals surface area contributed by atoms with Crippen LogP contribution in [0.2, 0.25) is 0 Å². The van der Waals surface area contributed by atoms with Crippen molar-refractivity contribution in [3.8, 4) is 11.1 Å². The van der Waals surface area contributed by atoms with Gasteiger partial charge in [-0.25, -0.2) is 4.39 Å². The Balaban J connectivity index is 0.000000201. The minimum atomic E-state index is -0.457. The first kappa shape index (κ1) is 29.5. The zero-order valence-electron chi connectivity index (χ0n) is 21.8. The first-order chi connectivity index (χ1) is 20.1. The van der Waals surface area contributed by atoms with Gasteiger partial charge in [0.25, 0.3) is 11.4 Å². The summed E-state index contributed by atoms with van der Waals surface area (Å²) in [5, 5.41) is 28.3. The largest absolute Gasteiger partial charge is 0.399 e. The summed E-state index contributed by atoms with van der Waals surface area (Å²) < 4.78 is 13.7. The fourth-order valence-corrected chi connectivity index (χ4v) is 4.26. The normalized spacial score (nSPS) is 10.2. The van der Waals surface area contributed by atoms with E-state index < -0.39 is 9.85 Å². The number of nitrogens with two attached hydrogens (primary N) is 2. The molecular formula is C30H24BrFN6O4. The molecule has 0 aliphatic heterocycles. The molecule has 0 aliphatic rings. The van der Waals surface area contributed by atoms with Crippen molar-refractivity contribution in [1.82, 2.24) is 0 Å². The van der Waals surface area contributed by atoms with Gasteiger partial charge < -0.3 is 22.1 Å². The highest BCUT2D eigenvalue weighted by Gasteiger charge is 2.16. The first-order valence-electron chi connectivity index (χ1n) is 12.3. The predicted molar refractivity (Wildman–Crippen MR) is 168 cm³/mol. The molecule has 0 amide bonds. The summed E-state index contributed by atoms with van der Waals surface area (Å²) in [6.07, 6.45) is 0. The maximum absolute atomic E-state index is 13.0. The standard InChI is InChI=1S/C18H14FN3O2.C12H10BrN3O2/c19-14-7-4-12(5-8-14)13-6-9-17(18(10-13)22(23)24)21-16-3-1-2-15(20)11-16;13-8-4-5-11(12(6-8)16(17)18)15-10-3-1-2-9(14)7-10/h1-11,21H,20H2;1-7,15H,14H2. The minimum absolute atomic E-state index is 0.00630. The molecule has 0 fully saturated rings. The molecule has 0 aliphatic carbocycles. The van der Waals surface area contributed by atoms with E-state index >= 15 is 0 Å². The van der Waals surface area contributed by atoms with Gasteiger partial charge in [-0.15, -0.1) is 0 Å². The quantitative estimate of drug-likeness (QED) is 0.0790. The summed E-state index contributed by atoms with van der Waals surface area (Å²) in [5.41, 5.74) is 16.0. The van der Waals surface area contributed by atoms with Crippen molar-refractivity contribution in [3.63, 3.8) is 0 Å². The number of nitrogen functional groups attached to an aromatic ring is 2. The summed E-state index contributed by atoms with van der Waals surface area (Å²) in [4.78, 5) is 21.5. The number of halogens is 2. The Morgan fingerprint density at radius 2 is 1.10 bits per heavy atom. The molecule has 5 aromatic rings. The smallest absolute Gasteiger partial charge is 0.293 e. The Hall–Kier alpha value is -5.49. The van der Waals surface area contributed by atoms with Crippen molar-refractivity contribution in [2.24, 2.45) is 0 Å². The third kappa shape index (κ3) is 7.79. The van der Waals surface area contributed by atoms with Gasteiger partial charge in [-0.3, -0.25) is 20.2 Å². The Bertz CT molecular complexity index is 1750. The van der Waals surface area contributed by atoms with Crippen LogP contribution in [0.25, 0.3) is 11.1 Å². The fourth-order valence-electron chi connectivity index (χ4n) is 3.92. The Labute approximate surface area is 248 Å². The van der Waals surface area contributed by atoms with E-state index in [-0.39, 0.29) is 17.2 Å². The molecule has 0 spiro atoms. The molecule has 0 heterocycles. The van der Waals surface area contributed by atoms with Gasteiger partial charge in [0, 0.05) is 39.4 Å². The van der Waals surface area contributed by atoms with E-state index in [4.69, 9.17) is 11.5 Å². The molecule has 0 radical (unpaired) electrons. The zero-order valence-corrected chi connectivity index (χ0v) is 23.4. The lowest BCUT2D eigenvalue weighted by atomic mass is 10.0. The van der Waals surface area contributed by atoms with Crippen LogP contribution < -0.4 is 22.1 Å². The fraction of sp³-hybridized carbons (Fsp3) is 0. The molecule has 0 aromatic heterocycles. The second-order valence-corrected chi connectivity index (χ2v) is 9.83. The maximum Gasteiger partial charge on any atom is 0.293 e. The lowest BCUT2D eigenvalue weighted by Crippen LogP contribution is -1.98. The predicted octanol–water partition coefficient (Wildman–Crippen LogP) is 8.41. The minimum Gasteiger partial charge on any atom is -0.399 e. The van der Waals surface area contributed by atoms with Gasteiger partial charge in [0.15, 0.2) is 0 Å². The number of hydrogen-bond donors (Lipinski definition) is 4. The van der Waals surface area contributed by atoms with Crippen LogP contribution in [-0.2, 0) is 0 Å². The highest BCUT2D eigenvalue weighted by molar-refractivity contribution is 9.10. The summed E-state index contributed by atoms with van der Waals surface area (Å²) in [5.74, 6) is -0.354. The Kier molecular flexibility index (Phi) is 9.30.